The van der Waals surface area contributed by atoms with Crippen molar-refractivity contribution in [2.75, 3.05) is 19.0 Å². The Balaban J connectivity index is 2.07. The van der Waals surface area contributed by atoms with E-state index in [4.69, 9.17) is 21.1 Å². The Kier molecular flexibility index (Phi) is 7.55. The molecule has 0 aliphatic carbocycles. The predicted octanol–water partition coefficient (Wildman–Crippen LogP) is 5.16. The van der Waals surface area contributed by atoms with Gasteiger partial charge in [0.25, 0.3) is 5.91 Å². The molecule has 0 aromatic heterocycles. The van der Waals surface area contributed by atoms with Crippen molar-refractivity contribution in [3.05, 3.63) is 51.2 Å². The van der Waals surface area contributed by atoms with Crippen molar-refractivity contribution in [2.24, 2.45) is 0 Å². The van der Waals surface area contributed by atoms with E-state index >= 15 is 0 Å². The first-order valence-electron chi connectivity index (χ1n) is 8.58. The van der Waals surface area contributed by atoms with Crippen LogP contribution in [-0.2, 0) is 11.3 Å². The molecule has 0 fully saturated rings. The van der Waals surface area contributed by atoms with Crippen LogP contribution in [0.4, 0.5) is 10.1 Å². The van der Waals surface area contributed by atoms with Gasteiger partial charge in [-0.3, -0.25) is 4.79 Å². The van der Waals surface area contributed by atoms with Crippen LogP contribution in [-0.4, -0.2) is 25.2 Å². The van der Waals surface area contributed by atoms with E-state index in [1.165, 1.54) is 19.2 Å². The number of benzene rings is 2. The molecule has 1 amide bonds. The SMILES string of the molecule is COc1cc(CNc2ccc(F)c(Cl)c2)c(Br)cc1OCC(=O)NC(C)(C)C. The Bertz CT molecular complexity index is 856. The molecule has 0 bridgehead atoms. The summed E-state index contributed by atoms with van der Waals surface area (Å²) in [5, 5.41) is 6.07. The molecule has 0 atom stereocenters. The molecule has 0 heterocycles. The molecule has 152 valence electrons. The normalized spacial score (nSPS) is 11.1. The van der Waals surface area contributed by atoms with Gasteiger partial charge in [0, 0.05) is 22.2 Å². The number of halogens is 3. The van der Waals surface area contributed by atoms with Crippen molar-refractivity contribution in [1.29, 1.82) is 0 Å². The Morgan fingerprint density at radius 1 is 1.21 bits per heavy atom. The summed E-state index contributed by atoms with van der Waals surface area (Å²) in [5.74, 6) is 0.268. The fourth-order valence-corrected chi connectivity index (χ4v) is 3.03. The molecular formula is C20H23BrClFN2O3. The molecule has 0 saturated carbocycles. The van der Waals surface area contributed by atoms with Crippen LogP contribution in [0.1, 0.15) is 26.3 Å². The lowest BCUT2D eigenvalue weighted by atomic mass is 10.1. The molecule has 2 aromatic carbocycles. The molecule has 2 aromatic rings. The number of nitrogens with one attached hydrogen (secondary N) is 2. The Labute approximate surface area is 177 Å². The molecule has 0 radical (unpaired) electrons. The van der Waals surface area contributed by atoms with E-state index in [2.05, 4.69) is 26.6 Å². The third-order valence-corrected chi connectivity index (χ3v) is 4.64. The van der Waals surface area contributed by atoms with Crippen molar-refractivity contribution in [2.45, 2.75) is 32.9 Å². The maximum Gasteiger partial charge on any atom is 0.258 e. The second kappa shape index (κ2) is 9.47. The number of hydrogen-bond acceptors (Lipinski definition) is 4. The number of rotatable bonds is 7. The second-order valence-corrected chi connectivity index (χ2v) is 8.43. The summed E-state index contributed by atoms with van der Waals surface area (Å²) in [6.07, 6.45) is 0. The van der Waals surface area contributed by atoms with Gasteiger partial charge in [-0.1, -0.05) is 27.5 Å². The summed E-state index contributed by atoms with van der Waals surface area (Å²) < 4.78 is 25.0. The molecule has 0 aliphatic rings. The minimum Gasteiger partial charge on any atom is -0.493 e. The van der Waals surface area contributed by atoms with E-state index in [9.17, 15) is 9.18 Å². The zero-order valence-corrected chi connectivity index (χ0v) is 18.5. The van der Waals surface area contributed by atoms with Gasteiger partial charge in [-0.05, 0) is 56.7 Å². The third-order valence-electron chi connectivity index (χ3n) is 3.61. The second-order valence-electron chi connectivity index (χ2n) is 7.16. The van der Waals surface area contributed by atoms with Gasteiger partial charge >= 0.3 is 0 Å². The maximum absolute atomic E-state index is 13.3. The highest BCUT2D eigenvalue weighted by molar-refractivity contribution is 9.10. The number of anilines is 1. The Morgan fingerprint density at radius 2 is 1.93 bits per heavy atom. The van der Waals surface area contributed by atoms with E-state index in [1.807, 2.05) is 20.8 Å². The molecule has 8 heteroatoms. The standard InChI is InChI=1S/C20H23BrClFN2O3/c1-20(2,3)25-19(26)11-28-18-9-14(21)12(7-17(18)27-4)10-24-13-5-6-16(23)15(22)8-13/h5-9,24H,10-11H2,1-4H3,(H,25,26). The van der Waals surface area contributed by atoms with Crippen molar-refractivity contribution in [1.82, 2.24) is 5.32 Å². The average Bonchev–Trinajstić information content (AvgIpc) is 2.60. The van der Waals surface area contributed by atoms with Crippen LogP contribution in [0.5, 0.6) is 11.5 Å². The molecule has 28 heavy (non-hydrogen) atoms. The van der Waals surface area contributed by atoms with Gasteiger partial charge in [0.05, 0.1) is 12.1 Å². The van der Waals surface area contributed by atoms with Crippen molar-refractivity contribution >= 4 is 39.1 Å². The lowest BCUT2D eigenvalue weighted by Gasteiger charge is -2.21. The number of amides is 1. The minimum absolute atomic E-state index is 0.0546. The first-order chi connectivity index (χ1) is 13.1. The van der Waals surface area contributed by atoms with Crippen molar-refractivity contribution in [3.8, 4) is 11.5 Å². The zero-order chi connectivity index (χ0) is 20.9. The van der Waals surface area contributed by atoms with Crippen molar-refractivity contribution in [3.63, 3.8) is 0 Å². The van der Waals surface area contributed by atoms with E-state index in [0.717, 1.165) is 10.0 Å². The topological polar surface area (TPSA) is 59.6 Å². The van der Waals surface area contributed by atoms with Gasteiger partial charge in [0.2, 0.25) is 0 Å². The van der Waals surface area contributed by atoms with Gasteiger partial charge < -0.3 is 20.1 Å². The van der Waals surface area contributed by atoms with Gasteiger partial charge in [-0.25, -0.2) is 4.39 Å². The third kappa shape index (κ3) is 6.56. The lowest BCUT2D eigenvalue weighted by Crippen LogP contribution is -2.43. The number of carbonyl (C=O) groups excluding carboxylic acids is 1. The highest BCUT2D eigenvalue weighted by Crippen LogP contribution is 2.34. The Hall–Kier alpha value is -1.99. The average molecular weight is 474 g/mol. The summed E-state index contributed by atoms with van der Waals surface area (Å²) in [4.78, 5) is 12.0. The molecule has 2 N–H and O–H groups in total. The Morgan fingerprint density at radius 3 is 2.54 bits per heavy atom. The van der Waals surface area contributed by atoms with Gasteiger partial charge in [-0.15, -0.1) is 0 Å². The summed E-state index contributed by atoms with van der Waals surface area (Å²) in [6.45, 7) is 6.03. The van der Waals surface area contributed by atoms with Crippen LogP contribution >= 0.6 is 27.5 Å². The first kappa shape index (κ1) is 22.3. The molecule has 0 aliphatic heterocycles. The lowest BCUT2D eigenvalue weighted by molar-refractivity contribution is -0.124. The number of methoxy groups -OCH3 is 1. The zero-order valence-electron chi connectivity index (χ0n) is 16.2. The molecule has 5 nitrogen and oxygen atoms in total. The number of ether oxygens (including phenoxy) is 2. The number of carbonyl (C=O) groups is 1. The van der Waals surface area contributed by atoms with Crippen LogP contribution in [0.2, 0.25) is 5.02 Å². The highest BCUT2D eigenvalue weighted by atomic mass is 79.9. The van der Waals surface area contributed by atoms with Gasteiger partial charge in [0.1, 0.15) is 5.82 Å². The smallest absolute Gasteiger partial charge is 0.258 e. The quantitative estimate of drug-likeness (QED) is 0.583. The molecule has 0 saturated heterocycles. The largest absolute Gasteiger partial charge is 0.493 e. The predicted molar refractivity (Wildman–Crippen MR) is 113 cm³/mol. The van der Waals surface area contributed by atoms with Crippen LogP contribution < -0.4 is 20.1 Å². The minimum atomic E-state index is -0.466. The van der Waals surface area contributed by atoms with Crippen LogP contribution in [0, 0.1) is 5.82 Å². The number of hydrogen-bond donors (Lipinski definition) is 2. The van der Waals surface area contributed by atoms with Crippen LogP contribution in [0.3, 0.4) is 0 Å². The van der Waals surface area contributed by atoms with E-state index < -0.39 is 5.82 Å². The highest BCUT2D eigenvalue weighted by Gasteiger charge is 2.16. The molecule has 0 spiro atoms. The molecule has 2 rings (SSSR count). The van der Waals surface area contributed by atoms with Crippen molar-refractivity contribution < 1.29 is 18.7 Å². The summed E-state index contributed by atoms with van der Waals surface area (Å²) >= 11 is 9.31. The van der Waals surface area contributed by atoms with Gasteiger partial charge in [-0.2, -0.15) is 0 Å². The summed E-state index contributed by atoms with van der Waals surface area (Å²) in [5.41, 5.74) is 1.25. The van der Waals surface area contributed by atoms with Crippen LogP contribution in [0.15, 0.2) is 34.8 Å². The molecule has 0 unspecified atom stereocenters. The van der Waals surface area contributed by atoms with Crippen LogP contribution in [0.25, 0.3) is 0 Å². The molecular weight excluding hydrogens is 451 g/mol. The van der Waals surface area contributed by atoms with E-state index in [1.54, 1.807) is 18.2 Å². The summed E-state index contributed by atoms with van der Waals surface area (Å²) in [6, 6.07) is 7.99. The van der Waals surface area contributed by atoms with E-state index in [-0.39, 0.29) is 23.1 Å². The fraction of sp³-hybridized carbons (Fsp3) is 0.350. The summed E-state index contributed by atoms with van der Waals surface area (Å²) in [7, 11) is 1.53. The fourth-order valence-electron chi connectivity index (χ4n) is 2.39. The first-order valence-corrected chi connectivity index (χ1v) is 9.75. The monoisotopic (exact) mass is 472 g/mol. The van der Waals surface area contributed by atoms with Gasteiger partial charge in [0.15, 0.2) is 18.1 Å². The van der Waals surface area contributed by atoms with E-state index in [0.29, 0.717) is 23.7 Å². The maximum atomic E-state index is 13.3.